The van der Waals surface area contributed by atoms with Crippen molar-refractivity contribution in [2.45, 2.75) is 12.6 Å². The molecule has 0 bridgehead atoms. The lowest BCUT2D eigenvalue weighted by Crippen LogP contribution is -2.42. The molecule has 1 unspecified atom stereocenters. The fourth-order valence-electron chi connectivity index (χ4n) is 1.98. The van der Waals surface area contributed by atoms with Crippen LogP contribution in [0.5, 0.6) is 0 Å². The number of halogens is 3. The van der Waals surface area contributed by atoms with E-state index >= 15 is 0 Å². The Bertz CT molecular complexity index is 369. The van der Waals surface area contributed by atoms with E-state index in [1.165, 1.54) is 12.1 Å². The number of morpholine rings is 1. The highest BCUT2D eigenvalue weighted by molar-refractivity contribution is 9.09. The Morgan fingerprint density at radius 1 is 1.29 bits per heavy atom. The molecule has 17 heavy (non-hydrogen) atoms. The topological polar surface area (TPSA) is 12.5 Å². The van der Waals surface area contributed by atoms with E-state index in [9.17, 15) is 8.78 Å². The first kappa shape index (κ1) is 12.9. The molecule has 0 aliphatic carbocycles. The Morgan fingerprint density at radius 2 is 2.00 bits per heavy atom. The van der Waals surface area contributed by atoms with Gasteiger partial charge in [0.05, 0.1) is 12.7 Å². The second-order valence-corrected chi connectivity index (χ2v) is 4.81. The summed E-state index contributed by atoms with van der Waals surface area (Å²) in [5.74, 6) is -1.05. The number of rotatable bonds is 3. The van der Waals surface area contributed by atoms with E-state index in [2.05, 4.69) is 20.8 Å². The van der Waals surface area contributed by atoms with Gasteiger partial charge in [-0.25, -0.2) is 8.78 Å². The normalized spacial score (nSPS) is 21.7. The maximum absolute atomic E-state index is 13.0. The predicted molar refractivity (Wildman–Crippen MR) is 65.2 cm³/mol. The molecule has 2 nitrogen and oxygen atoms in total. The predicted octanol–water partition coefficient (Wildman–Crippen LogP) is 2.56. The molecule has 1 atom stereocenters. The number of alkyl halides is 1. The average Bonchev–Trinajstić information content (AvgIpc) is 2.28. The number of ether oxygens (including phenoxy) is 1. The zero-order chi connectivity index (χ0) is 12.3. The highest BCUT2D eigenvalue weighted by Crippen LogP contribution is 2.14. The van der Waals surface area contributed by atoms with Crippen molar-refractivity contribution < 1.29 is 13.5 Å². The lowest BCUT2D eigenvalue weighted by Gasteiger charge is -2.32. The second-order valence-electron chi connectivity index (χ2n) is 4.16. The zero-order valence-corrected chi connectivity index (χ0v) is 10.9. The van der Waals surface area contributed by atoms with E-state index in [4.69, 9.17) is 4.74 Å². The fourth-order valence-corrected chi connectivity index (χ4v) is 2.37. The molecule has 0 N–H and O–H groups in total. The van der Waals surface area contributed by atoms with Crippen LogP contribution in [0.1, 0.15) is 5.56 Å². The van der Waals surface area contributed by atoms with Crippen LogP contribution in [0.4, 0.5) is 8.78 Å². The van der Waals surface area contributed by atoms with Gasteiger partial charge in [-0.15, -0.1) is 0 Å². The van der Waals surface area contributed by atoms with E-state index in [1.807, 2.05) is 0 Å². The van der Waals surface area contributed by atoms with Gasteiger partial charge in [0.1, 0.15) is 11.6 Å². The minimum atomic E-state index is -0.523. The van der Waals surface area contributed by atoms with Crippen LogP contribution in [0.2, 0.25) is 0 Å². The second kappa shape index (κ2) is 5.89. The Morgan fingerprint density at radius 3 is 2.65 bits per heavy atom. The summed E-state index contributed by atoms with van der Waals surface area (Å²) >= 11 is 3.38. The van der Waals surface area contributed by atoms with Crippen molar-refractivity contribution in [3.05, 3.63) is 35.4 Å². The van der Waals surface area contributed by atoms with Gasteiger partial charge < -0.3 is 4.74 Å². The van der Waals surface area contributed by atoms with Crippen LogP contribution in [-0.4, -0.2) is 36.0 Å². The van der Waals surface area contributed by atoms with E-state index in [-0.39, 0.29) is 6.10 Å². The first-order valence-corrected chi connectivity index (χ1v) is 6.64. The van der Waals surface area contributed by atoms with Crippen LogP contribution < -0.4 is 0 Å². The SMILES string of the molecule is Fc1cc(F)cc(CN2CCOC(CBr)C2)c1. The standard InChI is InChI=1S/C12H14BrF2NO/c13-6-12-8-16(1-2-17-12)7-9-3-10(14)5-11(15)4-9/h3-5,12H,1-2,6-8H2. The molecule has 1 heterocycles. The quantitative estimate of drug-likeness (QED) is 0.796. The largest absolute Gasteiger partial charge is 0.375 e. The number of nitrogens with zero attached hydrogens (tertiary/aromatic N) is 1. The molecule has 1 aromatic rings. The lowest BCUT2D eigenvalue weighted by molar-refractivity contribution is -0.0181. The summed E-state index contributed by atoms with van der Waals surface area (Å²) in [6, 6.07) is 3.65. The summed E-state index contributed by atoms with van der Waals surface area (Å²) in [6.45, 7) is 2.79. The van der Waals surface area contributed by atoms with Crippen molar-refractivity contribution in [3.63, 3.8) is 0 Å². The third-order valence-corrected chi connectivity index (χ3v) is 3.45. The molecule has 0 radical (unpaired) electrons. The van der Waals surface area contributed by atoms with Gasteiger partial charge in [0.25, 0.3) is 0 Å². The van der Waals surface area contributed by atoms with E-state index in [0.29, 0.717) is 18.7 Å². The number of benzene rings is 1. The van der Waals surface area contributed by atoms with Gasteiger partial charge >= 0.3 is 0 Å². The molecule has 5 heteroatoms. The molecule has 0 amide bonds. The molecular formula is C12H14BrF2NO. The Hall–Kier alpha value is -0.520. The summed E-state index contributed by atoms with van der Waals surface area (Å²) in [6.07, 6.45) is 0.155. The Labute approximate surface area is 108 Å². The third kappa shape index (κ3) is 3.72. The smallest absolute Gasteiger partial charge is 0.126 e. The van der Waals surface area contributed by atoms with E-state index in [1.54, 1.807) is 0 Å². The van der Waals surface area contributed by atoms with Crippen LogP contribution in [0.3, 0.4) is 0 Å². The molecule has 1 saturated heterocycles. The molecule has 1 aromatic carbocycles. The van der Waals surface area contributed by atoms with Crippen LogP contribution in [-0.2, 0) is 11.3 Å². The summed E-state index contributed by atoms with van der Waals surface area (Å²) in [7, 11) is 0. The number of hydrogen-bond acceptors (Lipinski definition) is 2. The molecular weight excluding hydrogens is 292 g/mol. The van der Waals surface area contributed by atoms with Crippen molar-refractivity contribution >= 4 is 15.9 Å². The highest BCUT2D eigenvalue weighted by atomic mass is 79.9. The monoisotopic (exact) mass is 305 g/mol. The molecule has 0 aromatic heterocycles. The molecule has 1 fully saturated rings. The minimum Gasteiger partial charge on any atom is -0.375 e. The van der Waals surface area contributed by atoms with Crippen molar-refractivity contribution in [1.29, 1.82) is 0 Å². The van der Waals surface area contributed by atoms with Crippen molar-refractivity contribution in [2.24, 2.45) is 0 Å². The Balaban J connectivity index is 2.00. The van der Waals surface area contributed by atoms with Gasteiger partial charge in [0.2, 0.25) is 0 Å². The number of hydrogen-bond donors (Lipinski definition) is 0. The van der Waals surface area contributed by atoms with Crippen LogP contribution in [0.15, 0.2) is 18.2 Å². The molecule has 1 aliphatic rings. The van der Waals surface area contributed by atoms with Crippen molar-refractivity contribution in [3.8, 4) is 0 Å². The minimum absolute atomic E-state index is 0.155. The summed E-state index contributed by atoms with van der Waals surface area (Å²) in [5.41, 5.74) is 0.665. The summed E-state index contributed by atoms with van der Waals surface area (Å²) < 4.78 is 31.6. The van der Waals surface area contributed by atoms with Crippen LogP contribution in [0.25, 0.3) is 0 Å². The molecule has 2 rings (SSSR count). The van der Waals surface area contributed by atoms with Crippen molar-refractivity contribution in [1.82, 2.24) is 4.90 Å². The van der Waals surface area contributed by atoms with Crippen LogP contribution in [0, 0.1) is 11.6 Å². The first-order valence-electron chi connectivity index (χ1n) is 5.52. The molecule has 0 saturated carbocycles. The van der Waals surface area contributed by atoms with E-state index in [0.717, 1.165) is 24.5 Å². The van der Waals surface area contributed by atoms with Crippen molar-refractivity contribution in [2.75, 3.05) is 25.0 Å². The fraction of sp³-hybridized carbons (Fsp3) is 0.500. The maximum atomic E-state index is 13.0. The van der Waals surface area contributed by atoms with E-state index < -0.39 is 11.6 Å². The van der Waals surface area contributed by atoms with Gasteiger partial charge in [-0.1, -0.05) is 15.9 Å². The van der Waals surface area contributed by atoms with Gasteiger partial charge in [-0.2, -0.15) is 0 Å². The maximum Gasteiger partial charge on any atom is 0.126 e. The summed E-state index contributed by atoms with van der Waals surface area (Å²) in [4.78, 5) is 2.14. The average molecular weight is 306 g/mol. The molecule has 0 spiro atoms. The van der Waals surface area contributed by atoms with Crippen LogP contribution >= 0.6 is 15.9 Å². The molecule has 94 valence electrons. The zero-order valence-electron chi connectivity index (χ0n) is 9.33. The third-order valence-electron chi connectivity index (χ3n) is 2.72. The Kier molecular flexibility index (Phi) is 4.48. The lowest BCUT2D eigenvalue weighted by atomic mass is 10.2. The highest BCUT2D eigenvalue weighted by Gasteiger charge is 2.19. The van der Waals surface area contributed by atoms with Gasteiger partial charge in [-0.3, -0.25) is 4.90 Å². The summed E-state index contributed by atoms with van der Waals surface area (Å²) in [5, 5.41) is 0.779. The molecule has 1 aliphatic heterocycles. The van der Waals surface area contributed by atoms with Gasteiger partial charge in [0, 0.05) is 31.0 Å². The first-order chi connectivity index (χ1) is 8.17. The van der Waals surface area contributed by atoms with Gasteiger partial charge in [-0.05, 0) is 17.7 Å². The van der Waals surface area contributed by atoms with Gasteiger partial charge in [0.15, 0.2) is 0 Å².